The molecule has 0 unspecified atom stereocenters. The number of anilines is 1. The van der Waals surface area contributed by atoms with E-state index in [1.54, 1.807) is 30.3 Å². The first kappa shape index (κ1) is 29.5. The topological polar surface area (TPSA) is 84.9 Å². The molecule has 1 amide bonds. The highest BCUT2D eigenvalue weighted by Gasteiger charge is 2.38. The van der Waals surface area contributed by atoms with Crippen LogP contribution in [0.1, 0.15) is 58.2 Å². The van der Waals surface area contributed by atoms with Crippen molar-refractivity contribution in [1.29, 1.82) is 0 Å². The smallest absolute Gasteiger partial charge is 0.264 e. The van der Waals surface area contributed by atoms with Gasteiger partial charge in [-0.1, -0.05) is 83.5 Å². The minimum Gasteiger partial charge on any atom is -0.491 e. The van der Waals surface area contributed by atoms with Crippen LogP contribution in [0.2, 0.25) is 0 Å². The number of nitrogens with zero attached hydrogens (tertiary/aromatic N) is 1. The van der Waals surface area contributed by atoms with Crippen LogP contribution in [-0.2, 0) is 25.6 Å². The highest BCUT2D eigenvalue weighted by atomic mass is 32.2. The van der Waals surface area contributed by atoms with Gasteiger partial charge in [-0.15, -0.1) is 0 Å². The molecule has 40 heavy (non-hydrogen) atoms. The summed E-state index contributed by atoms with van der Waals surface area (Å²) in [6.45, 7) is 14.8. The van der Waals surface area contributed by atoms with Crippen molar-refractivity contribution in [2.24, 2.45) is 0 Å². The van der Waals surface area contributed by atoms with Crippen LogP contribution < -0.4 is 19.1 Å². The summed E-state index contributed by atoms with van der Waals surface area (Å²) < 4.78 is 41.0. The van der Waals surface area contributed by atoms with Gasteiger partial charge in [0.05, 0.1) is 23.7 Å². The van der Waals surface area contributed by atoms with Crippen molar-refractivity contribution in [1.82, 2.24) is 5.32 Å². The van der Waals surface area contributed by atoms with E-state index in [-0.39, 0.29) is 35.4 Å². The summed E-state index contributed by atoms with van der Waals surface area (Å²) in [5.41, 5.74) is 3.16. The molecule has 0 saturated carbocycles. The van der Waals surface area contributed by atoms with E-state index in [0.29, 0.717) is 11.4 Å². The summed E-state index contributed by atoms with van der Waals surface area (Å²) in [7, 11) is -3.95. The second kappa shape index (κ2) is 11.2. The Hall–Kier alpha value is -3.52. The number of sulfonamides is 1. The fourth-order valence-corrected chi connectivity index (χ4v) is 6.05. The third-order valence-electron chi connectivity index (χ3n) is 6.95. The van der Waals surface area contributed by atoms with E-state index in [9.17, 15) is 13.2 Å². The summed E-state index contributed by atoms with van der Waals surface area (Å²) in [4.78, 5) is 13.4. The summed E-state index contributed by atoms with van der Waals surface area (Å²) in [5.74, 6) is 0.727. The molecule has 3 aromatic carbocycles. The lowest BCUT2D eigenvalue weighted by molar-refractivity contribution is -0.127. The zero-order chi connectivity index (χ0) is 29.3. The van der Waals surface area contributed by atoms with E-state index >= 15 is 0 Å². The van der Waals surface area contributed by atoms with Gasteiger partial charge in [-0.05, 0) is 59.2 Å². The second-order valence-corrected chi connectivity index (χ2v) is 14.1. The third-order valence-corrected chi connectivity index (χ3v) is 8.74. The molecule has 0 spiro atoms. The number of aryl methyl sites for hydroxylation is 1. The Morgan fingerprint density at radius 1 is 0.975 bits per heavy atom. The summed E-state index contributed by atoms with van der Waals surface area (Å²) in [6, 6.07) is 20.1. The first-order valence-corrected chi connectivity index (χ1v) is 15.0. The standard InChI is InChI=1S/C32H40N2O5S/c1-22-12-15-24(16-13-22)40(36,37)34-21-29(39-28-17-14-23(20-26(28)34)31(2,3)4)30(35)33-18-19-38-27-11-9-8-10-25(27)32(5,6)7/h8-17,20,29H,18-19,21H2,1-7H3,(H,33,35)/t29-/m1/s1. The molecule has 214 valence electrons. The number of amides is 1. The number of hydrogen-bond acceptors (Lipinski definition) is 5. The van der Waals surface area contributed by atoms with Crippen molar-refractivity contribution in [2.75, 3.05) is 24.0 Å². The van der Waals surface area contributed by atoms with Crippen LogP contribution >= 0.6 is 0 Å². The van der Waals surface area contributed by atoms with Crippen LogP contribution in [0.3, 0.4) is 0 Å². The lowest BCUT2D eigenvalue weighted by Crippen LogP contribution is -2.51. The van der Waals surface area contributed by atoms with E-state index in [1.165, 1.54) is 4.31 Å². The maximum absolute atomic E-state index is 13.8. The molecule has 8 heteroatoms. The van der Waals surface area contributed by atoms with Crippen LogP contribution in [0.4, 0.5) is 5.69 Å². The van der Waals surface area contributed by atoms with Crippen LogP contribution in [0, 0.1) is 6.92 Å². The average molecular weight is 565 g/mol. The highest BCUT2D eigenvalue weighted by Crippen LogP contribution is 2.40. The molecule has 1 heterocycles. The normalized spacial score (nSPS) is 15.7. The predicted octanol–water partition coefficient (Wildman–Crippen LogP) is 5.74. The molecule has 7 nitrogen and oxygen atoms in total. The molecule has 0 aromatic heterocycles. The number of fused-ring (bicyclic) bond motifs is 1. The molecule has 1 N–H and O–H groups in total. The Kier molecular flexibility index (Phi) is 8.22. The third kappa shape index (κ3) is 6.44. The molecular formula is C32H40N2O5S. The maximum Gasteiger partial charge on any atom is 0.264 e. The fraction of sp³-hybridized carbons (Fsp3) is 0.406. The molecule has 1 atom stereocenters. The van der Waals surface area contributed by atoms with E-state index in [4.69, 9.17) is 9.47 Å². The lowest BCUT2D eigenvalue weighted by Gasteiger charge is -2.36. The number of rotatable bonds is 7. The molecule has 1 aliphatic rings. The van der Waals surface area contributed by atoms with Crippen molar-refractivity contribution in [2.45, 2.75) is 70.3 Å². The van der Waals surface area contributed by atoms with Gasteiger partial charge in [-0.2, -0.15) is 0 Å². The number of hydrogen-bond donors (Lipinski definition) is 1. The van der Waals surface area contributed by atoms with E-state index in [1.807, 2.05) is 43.3 Å². The largest absolute Gasteiger partial charge is 0.491 e. The second-order valence-electron chi connectivity index (χ2n) is 12.3. The Bertz CT molecular complexity index is 1470. The summed E-state index contributed by atoms with van der Waals surface area (Å²) in [6.07, 6.45) is -1.02. The first-order valence-electron chi connectivity index (χ1n) is 13.6. The van der Waals surface area contributed by atoms with E-state index < -0.39 is 22.0 Å². The quantitative estimate of drug-likeness (QED) is 0.370. The average Bonchev–Trinajstić information content (AvgIpc) is 2.89. The molecule has 1 aliphatic heterocycles. The number of ether oxygens (including phenoxy) is 2. The Morgan fingerprint density at radius 2 is 1.65 bits per heavy atom. The summed E-state index contributed by atoms with van der Waals surface area (Å²) >= 11 is 0. The molecule has 0 radical (unpaired) electrons. The lowest BCUT2D eigenvalue weighted by atomic mass is 9.86. The van der Waals surface area contributed by atoms with Gasteiger partial charge in [0.1, 0.15) is 18.1 Å². The maximum atomic E-state index is 13.8. The van der Waals surface area contributed by atoms with Crippen molar-refractivity contribution in [3.63, 3.8) is 0 Å². The van der Waals surface area contributed by atoms with Gasteiger partial charge in [-0.3, -0.25) is 9.10 Å². The van der Waals surface area contributed by atoms with Crippen LogP contribution in [0.5, 0.6) is 11.5 Å². The molecule has 4 rings (SSSR count). The van der Waals surface area contributed by atoms with Crippen molar-refractivity contribution < 1.29 is 22.7 Å². The van der Waals surface area contributed by atoms with Gasteiger partial charge in [0.2, 0.25) is 0 Å². The number of para-hydroxylation sites is 1. The number of benzene rings is 3. The van der Waals surface area contributed by atoms with E-state index in [2.05, 4.69) is 46.9 Å². The minimum absolute atomic E-state index is 0.0809. The van der Waals surface area contributed by atoms with Gasteiger partial charge in [-0.25, -0.2) is 8.42 Å². The Morgan fingerprint density at radius 3 is 2.30 bits per heavy atom. The molecule has 0 fully saturated rings. The number of carbonyl (C=O) groups excluding carboxylic acids is 1. The molecule has 0 bridgehead atoms. The molecule has 3 aromatic rings. The predicted molar refractivity (Wildman–Crippen MR) is 159 cm³/mol. The molecule has 0 saturated heterocycles. The van der Waals surface area contributed by atoms with Gasteiger partial charge < -0.3 is 14.8 Å². The van der Waals surface area contributed by atoms with Gasteiger partial charge in [0, 0.05) is 0 Å². The minimum atomic E-state index is -3.95. The Labute approximate surface area is 238 Å². The van der Waals surface area contributed by atoms with Crippen molar-refractivity contribution in [3.05, 3.63) is 83.4 Å². The monoisotopic (exact) mass is 564 g/mol. The van der Waals surface area contributed by atoms with Gasteiger partial charge in [0.25, 0.3) is 15.9 Å². The Balaban J connectivity index is 1.54. The zero-order valence-electron chi connectivity index (χ0n) is 24.4. The fourth-order valence-electron chi connectivity index (χ4n) is 4.58. The van der Waals surface area contributed by atoms with Gasteiger partial charge in [0.15, 0.2) is 6.10 Å². The zero-order valence-corrected chi connectivity index (χ0v) is 25.3. The number of nitrogens with one attached hydrogen (secondary N) is 1. The van der Waals surface area contributed by atoms with Crippen LogP contribution in [0.15, 0.2) is 71.6 Å². The van der Waals surface area contributed by atoms with E-state index in [0.717, 1.165) is 22.4 Å². The SMILES string of the molecule is Cc1ccc(S(=O)(=O)N2C[C@H](C(=O)NCCOc3ccccc3C(C)(C)C)Oc3ccc(C(C)(C)C)cc32)cc1. The summed E-state index contributed by atoms with van der Waals surface area (Å²) in [5, 5.41) is 2.86. The molecule has 0 aliphatic carbocycles. The highest BCUT2D eigenvalue weighted by molar-refractivity contribution is 7.92. The van der Waals surface area contributed by atoms with Crippen molar-refractivity contribution in [3.8, 4) is 11.5 Å². The van der Waals surface area contributed by atoms with Crippen LogP contribution in [0.25, 0.3) is 0 Å². The first-order chi connectivity index (χ1) is 18.7. The number of carbonyl (C=O) groups is 1. The molecular weight excluding hydrogens is 524 g/mol. The van der Waals surface area contributed by atoms with Gasteiger partial charge >= 0.3 is 0 Å². The van der Waals surface area contributed by atoms with Crippen molar-refractivity contribution >= 4 is 21.6 Å². The van der Waals surface area contributed by atoms with Crippen LogP contribution in [-0.4, -0.2) is 40.1 Å².